The van der Waals surface area contributed by atoms with Crippen molar-refractivity contribution in [3.05, 3.63) is 12.2 Å². The molecule has 2 saturated carbocycles. The summed E-state index contributed by atoms with van der Waals surface area (Å²) in [7, 11) is 2.87. The van der Waals surface area contributed by atoms with Gasteiger partial charge in [-0.1, -0.05) is 6.92 Å². The number of amides is 1. The first kappa shape index (κ1) is 17.1. The van der Waals surface area contributed by atoms with E-state index in [-0.39, 0.29) is 23.0 Å². The lowest BCUT2D eigenvalue weighted by Crippen LogP contribution is -2.44. The molecule has 4 nitrogen and oxygen atoms in total. The molecule has 0 saturated heterocycles. The highest BCUT2D eigenvalue weighted by Gasteiger charge is 2.56. The predicted octanol–water partition coefficient (Wildman–Crippen LogP) is 3.08. The lowest BCUT2D eigenvalue weighted by atomic mass is 9.61. The van der Waals surface area contributed by atoms with Gasteiger partial charge in [-0.05, 0) is 44.1 Å². The Balaban J connectivity index is 2.17. The highest BCUT2D eigenvalue weighted by Crippen LogP contribution is 2.58. The molecule has 0 aliphatic heterocycles. The number of rotatable bonds is 4. The molecular weight excluding hydrogens is 285 g/mol. The molecule has 22 heavy (non-hydrogen) atoms. The maximum atomic E-state index is 15.3. The first-order chi connectivity index (χ1) is 10.2. The normalized spacial score (nSPS) is 34.5. The summed E-state index contributed by atoms with van der Waals surface area (Å²) in [6, 6.07) is 0. The molecule has 0 N–H and O–H groups in total. The molecule has 0 aromatic heterocycles. The van der Waals surface area contributed by atoms with Gasteiger partial charge in [0.15, 0.2) is 0 Å². The summed E-state index contributed by atoms with van der Waals surface area (Å²) in [6.07, 6.45) is 6.37. The molecule has 0 heterocycles. The molecular formula is C17H26FNO3. The van der Waals surface area contributed by atoms with E-state index in [1.165, 1.54) is 33.2 Å². The lowest BCUT2D eigenvalue weighted by molar-refractivity contribution is -0.162. The maximum absolute atomic E-state index is 15.3. The highest BCUT2D eigenvalue weighted by molar-refractivity contribution is 5.86. The van der Waals surface area contributed by atoms with Gasteiger partial charge < -0.3 is 0 Å². The lowest BCUT2D eigenvalue weighted by Gasteiger charge is -2.43. The summed E-state index contributed by atoms with van der Waals surface area (Å²) >= 11 is 0. The number of ketones is 1. The molecule has 2 aliphatic rings. The van der Waals surface area contributed by atoms with Crippen molar-refractivity contribution in [2.24, 2.45) is 17.3 Å². The van der Waals surface area contributed by atoms with E-state index in [9.17, 15) is 9.59 Å². The molecule has 2 aliphatic carbocycles. The summed E-state index contributed by atoms with van der Waals surface area (Å²) in [5.41, 5.74) is -1.90. The van der Waals surface area contributed by atoms with E-state index in [0.29, 0.717) is 12.8 Å². The van der Waals surface area contributed by atoms with Crippen molar-refractivity contribution in [3.8, 4) is 0 Å². The van der Waals surface area contributed by atoms with Gasteiger partial charge in [-0.25, -0.2) is 9.45 Å². The van der Waals surface area contributed by atoms with Crippen LogP contribution < -0.4 is 0 Å². The highest BCUT2D eigenvalue weighted by atomic mass is 19.1. The summed E-state index contributed by atoms with van der Waals surface area (Å²) in [6.45, 7) is 3.56. The van der Waals surface area contributed by atoms with Crippen molar-refractivity contribution in [3.63, 3.8) is 0 Å². The smallest absolute Gasteiger partial charge is 0.269 e. The van der Waals surface area contributed by atoms with Crippen molar-refractivity contribution >= 4 is 11.7 Å². The molecule has 0 bridgehead atoms. The van der Waals surface area contributed by atoms with Gasteiger partial charge in [-0.3, -0.25) is 14.4 Å². The van der Waals surface area contributed by atoms with Crippen molar-refractivity contribution in [1.82, 2.24) is 5.06 Å². The van der Waals surface area contributed by atoms with Gasteiger partial charge in [-0.15, -0.1) is 0 Å². The van der Waals surface area contributed by atoms with Crippen LogP contribution in [0.5, 0.6) is 0 Å². The van der Waals surface area contributed by atoms with Crippen molar-refractivity contribution in [2.45, 2.75) is 51.6 Å². The van der Waals surface area contributed by atoms with Crippen LogP contribution in [0, 0.1) is 17.3 Å². The zero-order chi connectivity index (χ0) is 16.5. The van der Waals surface area contributed by atoms with Crippen molar-refractivity contribution in [1.29, 1.82) is 0 Å². The van der Waals surface area contributed by atoms with Crippen molar-refractivity contribution in [2.75, 3.05) is 14.2 Å². The Morgan fingerprint density at radius 3 is 2.82 bits per heavy atom. The standard InChI is InChI=1S/C17H26FNO3/c1-16-10-5-6-13(20)12(16)7-8-14(16)17(2,18)11-9-15(21)19(3)22-4/h9,11-12,14H,5-8,10H2,1-4H3. The van der Waals surface area contributed by atoms with Gasteiger partial charge in [0.1, 0.15) is 11.5 Å². The fourth-order valence-electron chi connectivity index (χ4n) is 4.40. The number of fused-ring (bicyclic) bond motifs is 1. The monoisotopic (exact) mass is 311 g/mol. The first-order valence-corrected chi connectivity index (χ1v) is 7.95. The Labute approximate surface area is 131 Å². The van der Waals surface area contributed by atoms with E-state index in [4.69, 9.17) is 4.84 Å². The van der Waals surface area contributed by atoms with E-state index in [2.05, 4.69) is 0 Å². The zero-order valence-corrected chi connectivity index (χ0v) is 13.9. The van der Waals surface area contributed by atoms with Crippen LogP contribution in [0.3, 0.4) is 0 Å². The topological polar surface area (TPSA) is 46.6 Å². The molecule has 4 atom stereocenters. The second-order valence-corrected chi connectivity index (χ2v) is 7.01. The number of likely N-dealkylation sites (N-methyl/N-ethyl adjacent to an activating group) is 1. The number of Topliss-reactive ketones (excluding diaryl/α,β-unsaturated/α-hetero) is 1. The van der Waals surface area contributed by atoms with Crippen LogP contribution in [0.15, 0.2) is 12.2 Å². The largest absolute Gasteiger partial charge is 0.299 e. The molecule has 5 heteroatoms. The second-order valence-electron chi connectivity index (χ2n) is 7.01. The van der Waals surface area contributed by atoms with Crippen LogP contribution in [0.1, 0.15) is 46.0 Å². The van der Waals surface area contributed by atoms with Crippen LogP contribution in [-0.2, 0) is 14.4 Å². The Kier molecular flexibility index (Phi) is 4.76. The Morgan fingerprint density at radius 2 is 2.18 bits per heavy atom. The van der Waals surface area contributed by atoms with E-state index in [1.54, 1.807) is 0 Å². The van der Waals surface area contributed by atoms with Crippen molar-refractivity contribution < 1.29 is 18.8 Å². The Morgan fingerprint density at radius 1 is 1.50 bits per heavy atom. The quantitative estimate of drug-likeness (QED) is 0.592. The Hall–Kier alpha value is -1.23. The number of hydroxylamine groups is 2. The van der Waals surface area contributed by atoms with Gasteiger partial charge >= 0.3 is 0 Å². The molecule has 4 unspecified atom stereocenters. The van der Waals surface area contributed by atoms with E-state index in [1.807, 2.05) is 6.92 Å². The molecule has 124 valence electrons. The summed E-state index contributed by atoms with van der Waals surface area (Å²) in [5, 5.41) is 1.05. The number of carbonyl (C=O) groups excluding carboxylic acids is 2. The molecule has 0 radical (unpaired) electrons. The second kappa shape index (κ2) is 6.11. The fraction of sp³-hybridized carbons (Fsp3) is 0.765. The van der Waals surface area contributed by atoms with E-state index in [0.717, 1.165) is 24.3 Å². The zero-order valence-electron chi connectivity index (χ0n) is 13.9. The molecule has 0 spiro atoms. The van der Waals surface area contributed by atoms with Crippen LogP contribution in [0.25, 0.3) is 0 Å². The summed E-state index contributed by atoms with van der Waals surface area (Å²) in [4.78, 5) is 28.7. The SMILES string of the molecule is CON(C)C(=O)C=CC(C)(F)C1CCC2C(=O)CCCC21C. The molecule has 0 aromatic rings. The first-order valence-electron chi connectivity index (χ1n) is 7.95. The summed E-state index contributed by atoms with van der Waals surface area (Å²) < 4.78 is 15.3. The van der Waals surface area contributed by atoms with Crippen LogP contribution >= 0.6 is 0 Å². The van der Waals surface area contributed by atoms with Gasteiger partial charge in [0.2, 0.25) is 0 Å². The maximum Gasteiger partial charge on any atom is 0.269 e. The third-order valence-corrected chi connectivity index (χ3v) is 5.68. The average molecular weight is 311 g/mol. The van der Waals surface area contributed by atoms with Gasteiger partial charge in [0.05, 0.1) is 7.11 Å². The molecule has 2 fully saturated rings. The van der Waals surface area contributed by atoms with Gasteiger partial charge in [0.25, 0.3) is 5.91 Å². The number of halogens is 1. The number of alkyl halides is 1. The summed E-state index contributed by atoms with van der Waals surface area (Å²) in [5.74, 6) is -0.366. The minimum atomic E-state index is -1.61. The predicted molar refractivity (Wildman–Crippen MR) is 81.6 cm³/mol. The van der Waals surface area contributed by atoms with E-state index >= 15 is 4.39 Å². The molecule has 1 amide bonds. The number of hydrogen-bond donors (Lipinski definition) is 0. The third kappa shape index (κ3) is 2.96. The fourth-order valence-corrected chi connectivity index (χ4v) is 4.40. The number of hydrogen-bond acceptors (Lipinski definition) is 3. The Bertz CT molecular complexity index is 488. The van der Waals surface area contributed by atoms with Crippen LogP contribution in [-0.4, -0.2) is 36.6 Å². The molecule has 0 aromatic carbocycles. The third-order valence-electron chi connectivity index (χ3n) is 5.68. The van der Waals surface area contributed by atoms with Gasteiger partial charge in [-0.2, -0.15) is 0 Å². The number of carbonyl (C=O) groups is 2. The minimum absolute atomic E-state index is 0.0212. The van der Waals surface area contributed by atoms with E-state index < -0.39 is 11.6 Å². The van der Waals surface area contributed by atoms with Gasteiger partial charge in [0, 0.05) is 31.4 Å². The number of nitrogens with zero attached hydrogens (tertiary/aromatic N) is 1. The van der Waals surface area contributed by atoms with Crippen LogP contribution in [0.2, 0.25) is 0 Å². The average Bonchev–Trinajstić information content (AvgIpc) is 2.83. The van der Waals surface area contributed by atoms with Crippen LogP contribution in [0.4, 0.5) is 4.39 Å². The molecule has 2 rings (SSSR count). The number of allylic oxidation sites excluding steroid dienone is 1. The minimum Gasteiger partial charge on any atom is -0.299 e.